The molecule has 1 aliphatic rings. The molecule has 8 heteroatoms. The third kappa shape index (κ3) is 3.99. The van der Waals surface area contributed by atoms with Crippen LogP contribution in [-0.2, 0) is 15.8 Å². The van der Waals surface area contributed by atoms with Gasteiger partial charge in [0.1, 0.15) is 11.5 Å². The maximum atomic E-state index is 13.3. The minimum atomic E-state index is -4.54. The normalized spacial score (nSPS) is 14.3. The zero-order valence-corrected chi connectivity index (χ0v) is 16.7. The van der Waals surface area contributed by atoms with Crippen LogP contribution in [0.1, 0.15) is 16.7 Å². The molecule has 1 aliphatic heterocycles. The van der Waals surface area contributed by atoms with E-state index in [-0.39, 0.29) is 17.0 Å². The first-order valence-electron chi connectivity index (χ1n) is 9.55. The van der Waals surface area contributed by atoms with Gasteiger partial charge in [0.15, 0.2) is 0 Å². The van der Waals surface area contributed by atoms with Gasteiger partial charge in [0.25, 0.3) is 11.8 Å². The van der Waals surface area contributed by atoms with Crippen molar-refractivity contribution in [2.45, 2.75) is 13.1 Å². The fourth-order valence-electron chi connectivity index (χ4n) is 3.35. The molecule has 0 aromatic heterocycles. The Morgan fingerprint density at radius 1 is 0.781 bits per heavy atom. The smallest absolute Gasteiger partial charge is 0.350 e. The number of rotatable bonds is 4. The summed E-state index contributed by atoms with van der Waals surface area (Å²) in [5, 5.41) is 2.87. The van der Waals surface area contributed by atoms with Crippen LogP contribution in [0.25, 0.3) is 5.57 Å². The average molecular weight is 440 g/mol. The number of aryl methyl sites for hydroxylation is 1. The van der Waals surface area contributed by atoms with E-state index < -0.39 is 29.4 Å². The van der Waals surface area contributed by atoms with Gasteiger partial charge in [0, 0.05) is 5.69 Å². The molecule has 1 heterocycles. The molecule has 0 bridgehead atoms. The number of benzene rings is 3. The van der Waals surface area contributed by atoms with E-state index in [1.807, 2.05) is 6.92 Å². The summed E-state index contributed by atoms with van der Waals surface area (Å²) in [5.41, 5.74) is 0.919. The van der Waals surface area contributed by atoms with Gasteiger partial charge in [-0.25, -0.2) is 9.29 Å². The Morgan fingerprint density at radius 3 is 1.94 bits per heavy atom. The molecule has 0 spiro atoms. The molecule has 1 N–H and O–H groups in total. The Morgan fingerprint density at radius 2 is 1.38 bits per heavy atom. The maximum absolute atomic E-state index is 13.3. The molecule has 0 atom stereocenters. The van der Waals surface area contributed by atoms with Crippen molar-refractivity contribution >= 4 is 28.8 Å². The topological polar surface area (TPSA) is 49.4 Å². The second-order valence-electron chi connectivity index (χ2n) is 7.24. The maximum Gasteiger partial charge on any atom is 0.416 e. The van der Waals surface area contributed by atoms with Gasteiger partial charge in [-0.15, -0.1) is 0 Å². The number of imide groups is 1. The summed E-state index contributed by atoms with van der Waals surface area (Å²) >= 11 is 0. The lowest BCUT2D eigenvalue weighted by Crippen LogP contribution is -2.32. The van der Waals surface area contributed by atoms with Gasteiger partial charge in [0.05, 0.1) is 16.8 Å². The third-order valence-corrected chi connectivity index (χ3v) is 4.99. The average Bonchev–Trinajstić information content (AvgIpc) is 2.99. The SMILES string of the molecule is Cc1ccc(C2=C(Nc3ccc(F)cc3)C(=O)N(c3ccc(C(F)(F)F)cc3)C2=O)cc1. The number of alkyl halides is 3. The van der Waals surface area contributed by atoms with E-state index in [1.165, 1.54) is 24.3 Å². The van der Waals surface area contributed by atoms with Gasteiger partial charge < -0.3 is 5.32 Å². The van der Waals surface area contributed by atoms with Crippen LogP contribution in [0.15, 0.2) is 78.5 Å². The predicted molar refractivity (Wildman–Crippen MR) is 112 cm³/mol. The minimum Gasteiger partial charge on any atom is -0.350 e. The number of hydrogen-bond acceptors (Lipinski definition) is 3. The van der Waals surface area contributed by atoms with E-state index in [9.17, 15) is 27.2 Å². The van der Waals surface area contributed by atoms with Gasteiger partial charge in [-0.2, -0.15) is 13.2 Å². The van der Waals surface area contributed by atoms with Gasteiger partial charge >= 0.3 is 6.18 Å². The summed E-state index contributed by atoms with van der Waals surface area (Å²) in [4.78, 5) is 27.3. The summed E-state index contributed by atoms with van der Waals surface area (Å²) < 4.78 is 52.0. The number of nitrogens with zero attached hydrogens (tertiary/aromatic N) is 1. The molecule has 0 unspecified atom stereocenters. The van der Waals surface area contributed by atoms with Crippen LogP contribution in [0.4, 0.5) is 28.9 Å². The third-order valence-electron chi connectivity index (χ3n) is 4.99. The zero-order chi connectivity index (χ0) is 23.0. The highest BCUT2D eigenvalue weighted by Crippen LogP contribution is 2.36. The lowest BCUT2D eigenvalue weighted by atomic mass is 10.0. The number of amides is 2. The standard InChI is InChI=1S/C24H16F4N2O2/c1-14-2-4-15(5-3-14)20-21(29-18-10-8-17(25)9-11-18)23(32)30(22(20)31)19-12-6-16(7-13-19)24(26,27)28/h2-13,29H,1H3. The molecule has 0 fully saturated rings. The summed E-state index contributed by atoms with van der Waals surface area (Å²) in [5.74, 6) is -1.87. The van der Waals surface area contributed by atoms with E-state index in [0.717, 1.165) is 34.7 Å². The summed E-state index contributed by atoms with van der Waals surface area (Å²) in [7, 11) is 0. The Balaban J connectivity index is 1.77. The summed E-state index contributed by atoms with van der Waals surface area (Å²) in [6, 6.07) is 15.9. The Hall–Kier alpha value is -3.94. The molecular formula is C24H16F4N2O2. The van der Waals surface area contributed by atoms with E-state index >= 15 is 0 Å². The van der Waals surface area contributed by atoms with E-state index in [2.05, 4.69) is 5.32 Å². The highest BCUT2D eigenvalue weighted by atomic mass is 19.4. The number of hydrogen-bond donors (Lipinski definition) is 1. The molecule has 4 nitrogen and oxygen atoms in total. The first kappa shape index (κ1) is 21.3. The molecule has 3 aromatic carbocycles. The van der Waals surface area contributed by atoms with Crippen LogP contribution < -0.4 is 10.2 Å². The molecule has 0 radical (unpaired) electrons. The van der Waals surface area contributed by atoms with Gasteiger partial charge in [0.2, 0.25) is 0 Å². The molecule has 0 saturated heterocycles. The van der Waals surface area contributed by atoms with Crippen LogP contribution in [0.5, 0.6) is 0 Å². The van der Waals surface area contributed by atoms with E-state index in [1.54, 1.807) is 24.3 Å². The summed E-state index contributed by atoms with van der Waals surface area (Å²) in [6.45, 7) is 1.87. The molecule has 32 heavy (non-hydrogen) atoms. The van der Waals surface area contributed by atoms with Crippen LogP contribution >= 0.6 is 0 Å². The molecule has 162 valence electrons. The highest BCUT2D eigenvalue weighted by molar-refractivity contribution is 6.46. The fraction of sp³-hybridized carbons (Fsp3) is 0.0833. The molecule has 0 saturated carbocycles. The van der Waals surface area contributed by atoms with Crippen molar-refractivity contribution in [2.75, 3.05) is 10.2 Å². The van der Waals surface area contributed by atoms with E-state index in [4.69, 9.17) is 0 Å². The highest BCUT2D eigenvalue weighted by Gasteiger charge is 2.40. The summed E-state index contributed by atoms with van der Waals surface area (Å²) in [6.07, 6.45) is -4.54. The molecular weight excluding hydrogens is 424 g/mol. The van der Waals surface area contributed by atoms with Gasteiger partial charge in [-0.05, 0) is 61.0 Å². The monoisotopic (exact) mass is 440 g/mol. The van der Waals surface area contributed by atoms with Crippen molar-refractivity contribution in [2.24, 2.45) is 0 Å². The number of carbonyl (C=O) groups is 2. The molecule has 3 aromatic rings. The Bertz CT molecular complexity index is 1210. The van der Waals surface area contributed by atoms with Crippen LogP contribution in [0.2, 0.25) is 0 Å². The van der Waals surface area contributed by atoms with Gasteiger partial charge in [-0.1, -0.05) is 29.8 Å². The molecule has 0 aliphatic carbocycles. The van der Waals surface area contributed by atoms with E-state index in [0.29, 0.717) is 11.3 Å². The quantitative estimate of drug-likeness (QED) is 0.428. The van der Waals surface area contributed by atoms with Crippen molar-refractivity contribution in [1.82, 2.24) is 0 Å². The van der Waals surface area contributed by atoms with Crippen LogP contribution in [-0.4, -0.2) is 11.8 Å². The van der Waals surface area contributed by atoms with Crippen molar-refractivity contribution in [3.63, 3.8) is 0 Å². The predicted octanol–water partition coefficient (Wildman–Crippen LogP) is 5.55. The number of halogens is 4. The fourth-order valence-corrected chi connectivity index (χ4v) is 3.35. The second-order valence-corrected chi connectivity index (χ2v) is 7.24. The van der Waals surface area contributed by atoms with Crippen molar-refractivity contribution in [3.8, 4) is 0 Å². The Kier molecular flexibility index (Phi) is 5.30. The van der Waals surface area contributed by atoms with Crippen LogP contribution in [0.3, 0.4) is 0 Å². The number of nitrogens with one attached hydrogen (secondary N) is 1. The zero-order valence-electron chi connectivity index (χ0n) is 16.7. The number of carbonyl (C=O) groups excluding carboxylic acids is 2. The second kappa shape index (κ2) is 7.96. The molecule has 4 rings (SSSR count). The van der Waals surface area contributed by atoms with Crippen molar-refractivity contribution in [3.05, 3.63) is 101 Å². The van der Waals surface area contributed by atoms with Crippen molar-refractivity contribution in [1.29, 1.82) is 0 Å². The lowest BCUT2D eigenvalue weighted by molar-refractivity contribution is -0.137. The lowest BCUT2D eigenvalue weighted by Gasteiger charge is -2.16. The first-order valence-corrected chi connectivity index (χ1v) is 9.55. The first-order chi connectivity index (χ1) is 15.1. The largest absolute Gasteiger partial charge is 0.416 e. The van der Waals surface area contributed by atoms with Crippen molar-refractivity contribution < 1.29 is 27.2 Å². The minimum absolute atomic E-state index is 0.00789. The number of anilines is 2. The Labute approximate surface area is 180 Å². The van der Waals surface area contributed by atoms with Gasteiger partial charge in [-0.3, -0.25) is 9.59 Å². The van der Waals surface area contributed by atoms with Crippen LogP contribution in [0, 0.1) is 12.7 Å². The molecule has 2 amide bonds.